The molecule has 0 spiro atoms. The van der Waals surface area contributed by atoms with Gasteiger partial charge >= 0.3 is 0 Å². The zero-order valence-electron chi connectivity index (χ0n) is 17.4. The normalized spacial score (nSPS) is 25.3. The zero-order valence-corrected chi connectivity index (χ0v) is 17.4. The lowest BCUT2D eigenvalue weighted by Crippen LogP contribution is -2.45. The van der Waals surface area contributed by atoms with Crippen molar-refractivity contribution in [2.75, 3.05) is 7.05 Å². The second kappa shape index (κ2) is 8.78. The van der Waals surface area contributed by atoms with Gasteiger partial charge in [0.25, 0.3) is 11.8 Å². The fourth-order valence-electron chi connectivity index (χ4n) is 4.18. The molecule has 2 aromatic rings. The Bertz CT molecular complexity index is 852. The average molecular weight is 399 g/mol. The number of rotatable bonds is 5. The molecule has 1 aromatic heterocycles. The topological polar surface area (TPSA) is 96.3 Å². The second-order valence-corrected chi connectivity index (χ2v) is 8.11. The minimum absolute atomic E-state index is 0.0188. The molecule has 7 heteroatoms. The van der Waals surface area contributed by atoms with Gasteiger partial charge in [0, 0.05) is 19.2 Å². The van der Waals surface area contributed by atoms with Crippen LogP contribution in [0, 0.1) is 11.8 Å². The first-order valence-electron chi connectivity index (χ1n) is 10.2. The van der Waals surface area contributed by atoms with E-state index in [1.165, 1.54) is 13.1 Å². The predicted octanol–water partition coefficient (Wildman–Crippen LogP) is 2.38. The van der Waals surface area contributed by atoms with E-state index in [0.29, 0.717) is 5.69 Å². The van der Waals surface area contributed by atoms with Crippen LogP contribution in [0.3, 0.4) is 0 Å². The molecule has 29 heavy (non-hydrogen) atoms. The number of aliphatic hydroxyl groups excluding tert-OH is 1. The number of amides is 2. The first-order chi connectivity index (χ1) is 13.8. The van der Waals surface area contributed by atoms with Crippen molar-refractivity contribution >= 4 is 11.8 Å². The summed E-state index contributed by atoms with van der Waals surface area (Å²) in [7, 11) is 1.54. The Labute approximate surface area is 171 Å². The number of nitrogens with one attached hydrogen (secondary N) is 2. The summed E-state index contributed by atoms with van der Waals surface area (Å²) in [5, 5.41) is 20.2. The molecular formula is C22H30N4O3. The van der Waals surface area contributed by atoms with Crippen molar-refractivity contribution in [2.45, 2.75) is 51.8 Å². The standard InChI is InChI=1S/C22H30N4O3/c1-13-10-17(11-14(2)20(13)27)24-22(29)19-12-18(21(28)23-4)25-26(19)15(3)16-8-6-5-7-9-16/h5-9,12-15,17,20,27H,10-11H2,1-4H3,(H,23,28)(H,24,29)/t13-,14+,15-,17-,20+/m0/s1. The zero-order chi connectivity index (χ0) is 21.1. The molecule has 1 heterocycles. The van der Waals surface area contributed by atoms with E-state index in [-0.39, 0.29) is 47.5 Å². The van der Waals surface area contributed by atoms with Crippen molar-refractivity contribution in [2.24, 2.45) is 11.8 Å². The molecule has 0 radical (unpaired) electrons. The van der Waals surface area contributed by atoms with Crippen LogP contribution >= 0.6 is 0 Å². The van der Waals surface area contributed by atoms with Gasteiger partial charge in [0.05, 0.1) is 12.1 Å². The van der Waals surface area contributed by atoms with E-state index < -0.39 is 0 Å². The van der Waals surface area contributed by atoms with Crippen LogP contribution in [0.25, 0.3) is 0 Å². The monoisotopic (exact) mass is 398 g/mol. The molecule has 3 rings (SSSR count). The summed E-state index contributed by atoms with van der Waals surface area (Å²) in [6.45, 7) is 5.96. The Kier molecular flexibility index (Phi) is 6.37. The van der Waals surface area contributed by atoms with Crippen LogP contribution in [-0.2, 0) is 0 Å². The van der Waals surface area contributed by atoms with Crippen LogP contribution in [0.1, 0.15) is 66.2 Å². The number of nitrogens with zero attached hydrogens (tertiary/aromatic N) is 2. The van der Waals surface area contributed by atoms with Gasteiger partial charge in [0.2, 0.25) is 0 Å². The van der Waals surface area contributed by atoms with Crippen molar-refractivity contribution in [3.8, 4) is 0 Å². The van der Waals surface area contributed by atoms with Crippen molar-refractivity contribution in [3.63, 3.8) is 0 Å². The fourth-order valence-corrected chi connectivity index (χ4v) is 4.18. The van der Waals surface area contributed by atoms with Gasteiger partial charge < -0.3 is 15.7 Å². The van der Waals surface area contributed by atoms with Crippen LogP contribution in [0.2, 0.25) is 0 Å². The molecule has 0 saturated heterocycles. The highest BCUT2D eigenvalue weighted by molar-refractivity contribution is 5.98. The summed E-state index contributed by atoms with van der Waals surface area (Å²) in [5.41, 5.74) is 1.56. The van der Waals surface area contributed by atoms with Crippen molar-refractivity contribution in [3.05, 3.63) is 53.3 Å². The number of hydrogen-bond acceptors (Lipinski definition) is 4. The first-order valence-corrected chi connectivity index (χ1v) is 10.2. The maximum atomic E-state index is 13.1. The van der Waals surface area contributed by atoms with Crippen LogP contribution in [0.4, 0.5) is 0 Å². The van der Waals surface area contributed by atoms with E-state index in [1.54, 1.807) is 4.68 Å². The van der Waals surface area contributed by atoms with Crippen LogP contribution in [0.5, 0.6) is 0 Å². The number of aliphatic hydroxyl groups is 1. The summed E-state index contributed by atoms with van der Waals surface area (Å²) >= 11 is 0. The average Bonchev–Trinajstić information content (AvgIpc) is 3.17. The Balaban J connectivity index is 1.87. The highest BCUT2D eigenvalue weighted by Crippen LogP contribution is 2.29. The molecule has 7 nitrogen and oxygen atoms in total. The third-order valence-electron chi connectivity index (χ3n) is 5.89. The summed E-state index contributed by atoms with van der Waals surface area (Å²) in [4.78, 5) is 25.2. The molecule has 5 atom stereocenters. The van der Waals surface area contributed by atoms with Gasteiger partial charge in [-0.15, -0.1) is 0 Å². The van der Waals surface area contributed by atoms with Gasteiger partial charge in [-0.1, -0.05) is 44.2 Å². The maximum Gasteiger partial charge on any atom is 0.271 e. The summed E-state index contributed by atoms with van der Waals surface area (Å²) < 4.78 is 1.61. The van der Waals surface area contributed by atoms with Crippen molar-refractivity contribution in [1.82, 2.24) is 20.4 Å². The molecule has 156 valence electrons. The number of benzene rings is 1. The molecular weight excluding hydrogens is 368 g/mol. The summed E-state index contributed by atoms with van der Waals surface area (Å²) in [5.74, 6) is -0.338. The Hall–Kier alpha value is -2.67. The Morgan fingerprint density at radius 3 is 2.34 bits per heavy atom. The third-order valence-corrected chi connectivity index (χ3v) is 5.89. The Morgan fingerprint density at radius 1 is 1.14 bits per heavy atom. The lowest BCUT2D eigenvalue weighted by molar-refractivity contribution is 0.0202. The molecule has 0 bridgehead atoms. The molecule has 1 aliphatic carbocycles. The van der Waals surface area contributed by atoms with Gasteiger partial charge in [-0.05, 0) is 37.2 Å². The molecule has 0 aliphatic heterocycles. The molecule has 3 N–H and O–H groups in total. The number of carbonyl (C=O) groups excluding carboxylic acids is 2. The predicted molar refractivity (Wildman–Crippen MR) is 111 cm³/mol. The molecule has 1 aromatic carbocycles. The first kappa shape index (κ1) is 21.0. The fraction of sp³-hybridized carbons (Fsp3) is 0.500. The van der Waals surface area contributed by atoms with E-state index >= 15 is 0 Å². The Morgan fingerprint density at radius 2 is 1.76 bits per heavy atom. The largest absolute Gasteiger partial charge is 0.393 e. The van der Waals surface area contributed by atoms with E-state index in [0.717, 1.165) is 18.4 Å². The lowest BCUT2D eigenvalue weighted by atomic mass is 9.78. The number of carbonyl (C=O) groups is 2. The number of aromatic nitrogens is 2. The lowest BCUT2D eigenvalue weighted by Gasteiger charge is -2.36. The molecule has 1 saturated carbocycles. The van der Waals surface area contributed by atoms with Crippen molar-refractivity contribution < 1.29 is 14.7 Å². The van der Waals surface area contributed by atoms with Gasteiger partial charge in [0.1, 0.15) is 5.69 Å². The van der Waals surface area contributed by atoms with Gasteiger partial charge in [0.15, 0.2) is 5.69 Å². The minimum atomic E-state index is -0.341. The molecule has 0 unspecified atom stereocenters. The third kappa shape index (κ3) is 4.50. The molecule has 2 amide bonds. The van der Waals surface area contributed by atoms with Crippen LogP contribution in [0.15, 0.2) is 36.4 Å². The van der Waals surface area contributed by atoms with E-state index in [1.807, 2.05) is 51.1 Å². The number of hydrogen-bond donors (Lipinski definition) is 3. The van der Waals surface area contributed by atoms with E-state index in [4.69, 9.17) is 0 Å². The van der Waals surface area contributed by atoms with Crippen LogP contribution in [-0.4, -0.2) is 45.9 Å². The van der Waals surface area contributed by atoms with Gasteiger partial charge in [-0.2, -0.15) is 5.10 Å². The minimum Gasteiger partial charge on any atom is -0.393 e. The van der Waals surface area contributed by atoms with Crippen LogP contribution < -0.4 is 10.6 Å². The van der Waals surface area contributed by atoms with Crippen molar-refractivity contribution in [1.29, 1.82) is 0 Å². The summed E-state index contributed by atoms with van der Waals surface area (Å²) in [6, 6.07) is 11.1. The summed E-state index contributed by atoms with van der Waals surface area (Å²) in [6.07, 6.45) is 1.11. The highest BCUT2D eigenvalue weighted by atomic mass is 16.3. The van der Waals surface area contributed by atoms with E-state index in [9.17, 15) is 14.7 Å². The quantitative estimate of drug-likeness (QED) is 0.720. The highest BCUT2D eigenvalue weighted by Gasteiger charge is 2.33. The maximum absolute atomic E-state index is 13.1. The molecule has 1 aliphatic rings. The SMILES string of the molecule is CNC(=O)c1cc(C(=O)N[C@@H]2C[C@@H](C)[C@H](O)[C@@H](C)C2)n([C@@H](C)c2ccccc2)n1. The molecule has 1 fully saturated rings. The van der Waals surface area contributed by atoms with Gasteiger partial charge in [-0.3, -0.25) is 14.3 Å². The van der Waals surface area contributed by atoms with E-state index in [2.05, 4.69) is 15.7 Å². The second-order valence-electron chi connectivity index (χ2n) is 8.11. The smallest absolute Gasteiger partial charge is 0.271 e. The van der Waals surface area contributed by atoms with Gasteiger partial charge in [-0.25, -0.2) is 0 Å².